The number of nitrogens with zero attached hydrogens (tertiary/aromatic N) is 1. The van der Waals surface area contributed by atoms with Crippen molar-refractivity contribution in [2.45, 2.75) is 64.2 Å². The van der Waals surface area contributed by atoms with Gasteiger partial charge in [-0.2, -0.15) is 0 Å². The van der Waals surface area contributed by atoms with Crippen LogP contribution in [0.4, 0.5) is 0 Å². The number of fused-ring (bicyclic) bond motifs is 5. The molecule has 1 aromatic carbocycles. The number of carbonyl (C=O) groups is 2. The molecule has 5 rings (SSSR count). The third-order valence-corrected chi connectivity index (χ3v) is 9.47. The quantitative estimate of drug-likeness (QED) is 0.658. The number of ketones is 1. The lowest BCUT2D eigenvalue weighted by Crippen LogP contribution is -2.44. The Labute approximate surface area is 194 Å². The number of rotatable bonds is 4. The summed E-state index contributed by atoms with van der Waals surface area (Å²) in [6.07, 6.45) is 7.34. The van der Waals surface area contributed by atoms with Crippen LogP contribution in [-0.4, -0.2) is 29.2 Å². The molecule has 31 heavy (non-hydrogen) atoms. The van der Waals surface area contributed by atoms with Crippen molar-refractivity contribution in [3.8, 4) is 0 Å². The summed E-state index contributed by atoms with van der Waals surface area (Å²) in [5.74, 6) is 3.45. The fourth-order valence-corrected chi connectivity index (χ4v) is 7.93. The molecule has 166 valence electrons. The van der Waals surface area contributed by atoms with Crippen molar-refractivity contribution in [3.05, 3.63) is 34.3 Å². The molecular weight excluding hydrogens is 428 g/mol. The number of hydrogen-bond acceptors (Lipinski definition) is 4. The molecule has 1 N–H and O–H groups in total. The molecule has 5 atom stereocenters. The smallest absolute Gasteiger partial charge is 0.225 e. The fourth-order valence-electron chi connectivity index (χ4n) is 6.99. The summed E-state index contributed by atoms with van der Waals surface area (Å²) in [4.78, 5) is 29.7. The van der Waals surface area contributed by atoms with Crippen LogP contribution < -0.4 is 5.32 Å². The van der Waals surface area contributed by atoms with Gasteiger partial charge in [-0.15, -0.1) is 0 Å². The summed E-state index contributed by atoms with van der Waals surface area (Å²) < 4.78 is 0. The van der Waals surface area contributed by atoms with Gasteiger partial charge in [-0.25, -0.2) is 0 Å². The predicted molar refractivity (Wildman–Crippen MR) is 127 cm³/mol. The fraction of sp³-hybridized carbons (Fsp3) is 0.640. The predicted octanol–water partition coefficient (Wildman–Crippen LogP) is 5.38. The zero-order valence-electron chi connectivity index (χ0n) is 18.2. The Morgan fingerprint density at radius 1 is 1.35 bits per heavy atom. The molecule has 0 saturated heterocycles. The summed E-state index contributed by atoms with van der Waals surface area (Å²) in [6, 6.07) is 6.40. The number of Topliss-reactive ketones (excluding diaryl/α,β-unsaturated/α-hetero) is 1. The summed E-state index contributed by atoms with van der Waals surface area (Å²) in [6.45, 7) is 3.03. The second-order valence-electron chi connectivity index (χ2n) is 10.00. The lowest BCUT2D eigenvalue weighted by atomic mass is 9.54. The molecule has 2 fully saturated rings. The highest BCUT2D eigenvalue weighted by Crippen LogP contribution is 2.62. The number of amidine groups is 1. The second-order valence-corrected chi connectivity index (χ2v) is 11.5. The number of nitrogens with one attached hydrogen (secondary N) is 1. The van der Waals surface area contributed by atoms with E-state index in [2.05, 4.69) is 29.4 Å². The number of thioether (sulfide) groups is 1. The Bertz CT molecular complexity index is 932. The van der Waals surface area contributed by atoms with Gasteiger partial charge in [-0.1, -0.05) is 36.4 Å². The van der Waals surface area contributed by atoms with E-state index < -0.39 is 0 Å². The lowest BCUT2D eigenvalue weighted by molar-refractivity contribution is -0.129. The van der Waals surface area contributed by atoms with Gasteiger partial charge in [0.05, 0.1) is 6.54 Å². The zero-order valence-corrected chi connectivity index (χ0v) is 19.7. The van der Waals surface area contributed by atoms with Crippen LogP contribution in [0.25, 0.3) is 0 Å². The number of hydrogen-bond donors (Lipinski definition) is 1. The molecular formula is C25H31ClN2O2S. The first-order valence-corrected chi connectivity index (χ1v) is 13.1. The van der Waals surface area contributed by atoms with Crippen LogP contribution in [0.2, 0.25) is 5.02 Å². The molecule has 1 aromatic rings. The molecule has 0 spiro atoms. The van der Waals surface area contributed by atoms with E-state index in [-0.39, 0.29) is 11.3 Å². The van der Waals surface area contributed by atoms with Crippen molar-refractivity contribution in [1.29, 1.82) is 0 Å². The van der Waals surface area contributed by atoms with Gasteiger partial charge in [0.25, 0.3) is 0 Å². The minimum atomic E-state index is -0.173. The van der Waals surface area contributed by atoms with Crippen molar-refractivity contribution in [2.24, 2.45) is 28.2 Å². The van der Waals surface area contributed by atoms with Crippen molar-refractivity contribution in [2.75, 3.05) is 12.3 Å². The van der Waals surface area contributed by atoms with Gasteiger partial charge in [-0.3, -0.25) is 14.6 Å². The van der Waals surface area contributed by atoms with E-state index in [0.29, 0.717) is 42.3 Å². The molecule has 0 aromatic heterocycles. The minimum Gasteiger partial charge on any atom is -0.305 e. The van der Waals surface area contributed by atoms with Crippen molar-refractivity contribution < 1.29 is 9.59 Å². The van der Waals surface area contributed by atoms with Gasteiger partial charge in [0, 0.05) is 29.0 Å². The van der Waals surface area contributed by atoms with E-state index in [4.69, 9.17) is 11.6 Å². The molecule has 2 saturated carbocycles. The van der Waals surface area contributed by atoms with E-state index in [1.807, 2.05) is 6.07 Å². The van der Waals surface area contributed by atoms with Crippen LogP contribution in [-0.2, 0) is 16.0 Å². The van der Waals surface area contributed by atoms with Crippen LogP contribution in [0.15, 0.2) is 23.2 Å². The van der Waals surface area contributed by atoms with Gasteiger partial charge < -0.3 is 5.32 Å². The molecule has 0 radical (unpaired) electrons. The van der Waals surface area contributed by atoms with Gasteiger partial charge in [-0.05, 0) is 85.5 Å². The maximum Gasteiger partial charge on any atom is 0.225 e. The molecule has 3 aliphatic carbocycles. The Kier molecular flexibility index (Phi) is 5.93. The average Bonchev–Trinajstić information content (AvgIpc) is 3.33. The van der Waals surface area contributed by atoms with Gasteiger partial charge in [0.15, 0.2) is 5.17 Å². The normalized spacial score (nSPS) is 34.0. The first-order chi connectivity index (χ1) is 15.0. The maximum atomic E-state index is 13.1. The Morgan fingerprint density at radius 3 is 3.03 bits per heavy atom. The highest BCUT2D eigenvalue weighted by Gasteiger charge is 2.58. The monoisotopic (exact) mass is 458 g/mol. The van der Waals surface area contributed by atoms with Gasteiger partial charge in [0.1, 0.15) is 5.78 Å². The first kappa shape index (κ1) is 21.5. The Balaban J connectivity index is 1.28. The minimum absolute atomic E-state index is 0.0604. The zero-order chi connectivity index (χ0) is 21.6. The maximum absolute atomic E-state index is 13.1. The van der Waals surface area contributed by atoms with Crippen LogP contribution >= 0.6 is 23.4 Å². The second kappa shape index (κ2) is 8.55. The summed E-state index contributed by atoms with van der Waals surface area (Å²) in [5, 5.41) is 4.53. The summed E-state index contributed by atoms with van der Waals surface area (Å²) in [5.41, 5.74) is 2.70. The summed E-state index contributed by atoms with van der Waals surface area (Å²) >= 11 is 7.87. The third-order valence-electron chi connectivity index (χ3n) is 8.34. The van der Waals surface area contributed by atoms with E-state index in [1.165, 1.54) is 11.1 Å². The summed E-state index contributed by atoms with van der Waals surface area (Å²) in [7, 11) is 0. The number of halogens is 1. The van der Waals surface area contributed by atoms with Crippen molar-refractivity contribution in [3.63, 3.8) is 0 Å². The number of benzene rings is 1. The van der Waals surface area contributed by atoms with Crippen LogP contribution in [0.3, 0.4) is 0 Å². The number of aryl methyl sites for hydroxylation is 1. The van der Waals surface area contributed by atoms with Crippen LogP contribution in [0.5, 0.6) is 0 Å². The van der Waals surface area contributed by atoms with Crippen LogP contribution in [0.1, 0.15) is 68.9 Å². The number of aliphatic imine (C=N–C) groups is 1. The van der Waals surface area contributed by atoms with Crippen LogP contribution in [0, 0.1) is 23.2 Å². The molecule has 4 aliphatic rings. The molecule has 1 aliphatic heterocycles. The van der Waals surface area contributed by atoms with Crippen molar-refractivity contribution >= 4 is 40.2 Å². The number of amides is 1. The van der Waals surface area contributed by atoms with E-state index in [1.54, 1.807) is 11.8 Å². The number of carbonyl (C=O) groups excluding carboxylic acids is 2. The average molecular weight is 459 g/mol. The highest BCUT2D eigenvalue weighted by molar-refractivity contribution is 8.14. The highest BCUT2D eigenvalue weighted by atomic mass is 35.5. The van der Waals surface area contributed by atoms with E-state index in [9.17, 15) is 9.59 Å². The van der Waals surface area contributed by atoms with Gasteiger partial charge in [0.2, 0.25) is 5.91 Å². The molecule has 4 nitrogen and oxygen atoms in total. The largest absolute Gasteiger partial charge is 0.305 e. The molecule has 3 unspecified atom stereocenters. The molecule has 1 amide bonds. The third kappa shape index (κ3) is 3.97. The molecule has 1 heterocycles. The Morgan fingerprint density at radius 2 is 2.23 bits per heavy atom. The van der Waals surface area contributed by atoms with E-state index in [0.717, 1.165) is 61.0 Å². The molecule has 6 heteroatoms. The Hall–Kier alpha value is -1.33. The lowest BCUT2D eigenvalue weighted by Gasteiger charge is -2.50. The first-order valence-electron chi connectivity index (χ1n) is 11.7. The standard InChI is InChI=1S/C25H31ClN2O2S/c1-25-10-9-19-18-8-6-17(26)13-15(18)5-7-20(19)23(25)16(14-21(25)29)3-2-4-22(30)28-24-27-11-12-31-24/h6,8,13,16,19-20,23H,2-5,7,9-12,14H2,1H3,(H,27,28,30)/t16-,19?,20?,23?,25-/m1/s1. The topological polar surface area (TPSA) is 58.5 Å². The van der Waals surface area contributed by atoms with Crippen molar-refractivity contribution in [1.82, 2.24) is 5.32 Å². The van der Waals surface area contributed by atoms with Gasteiger partial charge >= 0.3 is 0 Å². The van der Waals surface area contributed by atoms with E-state index >= 15 is 0 Å². The molecule has 0 bridgehead atoms. The SMILES string of the molecule is C[C@]12CCC3c4ccc(Cl)cc4CCC3C1[C@H](CCCC(=O)NC1=NCCS1)CC2=O.